The minimum Gasteiger partial charge on any atom is -0.368 e. The number of fused-ring (bicyclic) bond motifs is 1. The van der Waals surface area contributed by atoms with Gasteiger partial charge in [0.15, 0.2) is 0 Å². The standard InChI is InChI=1S/C14H14N6/c1-9-16-7-6-10(18-9)8-17-13-11-4-2-3-5-12(11)19-14(15)20-13/h2-7H,8H2,1H3,(H3,15,17,19,20). The lowest BCUT2D eigenvalue weighted by Crippen LogP contribution is -2.07. The van der Waals surface area contributed by atoms with Gasteiger partial charge < -0.3 is 11.1 Å². The van der Waals surface area contributed by atoms with Crippen LogP contribution in [0.3, 0.4) is 0 Å². The van der Waals surface area contributed by atoms with Gasteiger partial charge in [0.1, 0.15) is 11.6 Å². The lowest BCUT2D eigenvalue weighted by atomic mass is 10.2. The highest BCUT2D eigenvalue weighted by molar-refractivity contribution is 5.89. The Morgan fingerprint density at radius 3 is 2.80 bits per heavy atom. The minimum absolute atomic E-state index is 0.255. The third-order valence-corrected chi connectivity index (χ3v) is 2.89. The molecule has 2 aromatic heterocycles. The summed E-state index contributed by atoms with van der Waals surface area (Å²) >= 11 is 0. The van der Waals surface area contributed by atoms with Crippen LogP contribution in [0, 0.1) is 6.92 Å². The molecule has 0 unspecified atom stereocenters. The molecule has 0 bridgehead atoms. The molecule has 3 aromatic rings. The van der Waals surface area contributed by atoms with Gasteiger partial charge in [0.25, 0.3) is 0 Å². The van der Waals surface area contributed by atoms with Crippen LogP contribution in [0.2, 0.25) is 0 Å². The molecule has 0 saturated heterocycles. The van der Waals surface area contributed by atoms with Crippen LogP contribution in [0.4, 0.5) is 11.8 Å². The molecule has 0 fully saturated rings. The highest BCUT2D eigenvalue weighted by Crippen LogP contribution is 2.21. The molecule has 1 aromatic carbocycles. The number of benzene rings is 1. The lowest BCUT2D eigenvalue weighted by Gasteiger charge is -2.09. The van der Waals surface area contributed by atoms with Crippen LogP contribution in [0.15, 0.2) is 36.5 Å². The number of nitrogens with one attached hydrogen (secondary N) is 1. The molecule has 6 heteroatoms. The van der Waals surface area contributed by atoms with Crippen LogP contribution in [-0.2, 0) is 6.54 Å². The first-order valence-corrected chi connectivity index (χ1v) is 6.27. The fourth-order valence-electron chi connectivity index (χ4n) is 2.01. The first-order chi connectivity index (χ1) is 9.72. The monoisotopic (exact) mass is 266 g/mol. The summed E-state index contributed by atoms with van der Waals surface area (Å²) in [6, 6.07) is 9.61. The van der Waals surface area contributed by atoms with Crippen molar-refractivity contribution >= 4 is 22.7 Å². The van der Waals surface area contributed by atoms with E-state index in [-0.39, 0.29) is 5.95 Å². The van der Waals surface area contributed by atoms with Gasteiger partial charge >= 0.3 is 0 Å². The second-order valence-corrected chi connectivity index (χ2v) is 4.40. The first-order valence-electron chi connectivity index (χ1n) is 6.27. The molecule has 3 rings (SSSR count). The van der Waals surface area contributed by atoms with Gasteiger partial charge in [-0.1, -0.05) is 12.1 Å². The van der Waals surface area contributed by atoms with E-state index in [1.807, 2.05) is 37.3 Å². The predicted octanol–water partition coefficient (Wildman–Crippen LogP) is 1.92. The third kappa shape index (κ3) is 2.49. The molecule has 0 aliphatic carbocycles. The van der Waals surface area contributed by atoms with E-state index >= 15 is 0 Å². The number of hydrogen-bond acceptors (Lipinski definition) is 6. The zero-order valence-electron chi connectivity index (χ0n) is 11.0. The summed E-state index contributed by atoms with van der Waals surface area (Å²) in [4.78, 5) is 16.9. The van der Waals surface area contributed by atoms with Crippen molar-refractivity contribution in [2.45, 2.75) is 13.5 Å². The molecular weight excluding hydrogens is 252 g/mol. The molecule has 0 amide bonds. The van der Waals surface area contributed by atoms with Crippen LogP contribution in [-0.4, -0.2) is 19.9 Å². The zero-order valence-corrected chi connectivity index (χ0v) is 11.0. The molecule has 0 saturated carbocycles. The number of para-hydroxylation sites is 1. The Kier molecular flexibility index (Phi) is 3.12. The number of nitrogens with two attached hydrogens (primary N) is 1. The molecule has 20 heavy (non-hydrogen) atoms. The average molecular weight is 266 g/mol. The fraction of sp³-hybridized carbons (Fsp3) is 0.143. The molecule has 6 nitrogen and oxygen atoms in total. The molecule has 0 aliphatic rings. The number of nitrogen functional groups attached to an aromatic ring is 1. The number of anilines is 2. The van der Waals surface area contributed by atoms with Crippen molar-refractivity contribution < 1.29 is 0 Å². The summed E-state index contributed by atoms with van der Waals surface area (Å²) in [5.74, 6) is 1.71. The first kappa shape index (κ1) is 12.3. The topological polar surface area (TPSA) is 89.6 Å². The SMILES string of the molecule is Cc1nccc(CNc2nc(N)nc3ccccc23)n1. The van der Waals surface area contributed by atoms with Gasteiger partial charge in [-0.05, 0) is 25.1 Å². The molecule has 2 heterocycles. The van der Waals surface area contributed by atoms with Crippen molar-refractivity contribution in [3.05, 3.63) is 48.0 Å². The predicted molar refractivity (Wildman–Crippen MR) is 78.0 cm³/mol. The minimum atomic E-state index is 0.255. The van der Waals surface area contributed by atoms with Gasteiger partial charge in [-0.2, -0.15) is 4.98 Å². The van der Waals surface area contributed by atoms with E-state index in [9.17, 15) is 0 Å². The Morgan fingerprint density at radius 1 is 1.10 bits per heavy atom. The van der Waals surface area contributed by atoms with Crippen molar-refractivity contribution in [1.29, 1.82) is 0 Å². The Labute approximate surface area is 116 Å². The molecule has 3 N–H and O–H groups in total. The Morgan fingerprint density at radius 2 is 1.95 bits per heavy atom. The van der Waals surface area contributed by atoms with Gasteiger partial charge in [0, 0.05) is 11.6 Å². The zero-order chi connectivity index (χ0) is 13.9. The number of aryl methyl sites for hydroxylation is 1. The van der Waals surface area contributed by atoms with Gasteiger partial charge in [-0.25, -0.2) is 15.0 Å². The number of nitrogens with zero attached hydrogens (tertiary/aromatic N) is 4. The van der Waals surface area contributed by atoms with E-state index in [4.69, 9.17) is 5.73 Å². The van der Waals surface area contributed by atoms with Crippen molar-refractivity contribution in [2.24, 2.45) is 0 Å². The van der Waals surface area contributed by atoms with E-state index in [0.717, 1.165) is 22.4 Å². The third-order valence-electron chi connectivity index (χ3n) is 2.89. The van der Waals surface area contributed by atoms with Crippen LogP contribution < -0.4 is 11.1 Å². The second kappa shape index (κ2) is 5.08. The van der Waals surface area contributed by atoms with Crippen LogP contribution in [0.1, 0.15) is 11.5 Å². The van der Waals surface area contributed by atoms with Gasteiger partial charge in [0.2, 0.25) is 5.95 Å². The van der Waals surface area contributed by atoms with Crippen LogP contribution in [0.5, 0.6) is 0 Å². The van der Waals surface area contributed by atoms with Gasteiger partial charge in [-0.15, -0.1) is 0 Å². The Bertz CT molecular complexity index is 755. The summed E-state index contributed by atoms with van der Waals surface area (Å²) in [5.41, 5.74) is 7.45. The van der Waals surface area contributed by atoms with Crippen LogP contribution in [0.25, 0.3) is 10.9 Å². The summed E-state index contributed by atoms with van der Waals surface area (Å²) in [6.07, 6.45) is 1.74. The Balaban J connectivity index is 1.91. The maximum atomic E-state index is 5.73. The number of aromatic nitrogens is 4. The summed E-state index contributed by atoms with van der Waals surface area (Å²) in [5, 5.41) is 4.19. The largest absolute Gasteiger partial charge is 0.368 e. The van der Waals surface area contributed by atoms with Crippen molar-refractivity contribution in [1.82, 2.24) is 19.9 Å². The van der Waals surface area contributed by atoms with Crippen molar-refractivity contribution in [2.75, 3.05) is 11.1 Å². The van der Waals surface area contributed by atoms with Gasteiger partial charge in [0.05, 0.1) is 17.8 Å². The highest BCUT2D eigenvalue weighted by atomic mass is 15.1. The number of hydrogen-bond donors (Lipinski definition) is 2. The van der Waals surface area contributed by atoms with Crippen LogP contribution >= 0.6 is 0 Å². The number of rotatable bonds is 3. The average Bonchev–Trinajstić information content (AvgIpc) is 2.44. The molecular formula is C14H14N6. The second-order valence-electron chi connectivity index (χ2n) is 4.40. The van der Waals surface area contributed by atoms with Crippen molar-refractivity contribution in [3.63, 3.8) is 0 Å². The molecule has 100 valence electrons. The van der Waals surface area contributed by atoms with E-state index in [0.29, 0.717) is 12.4 Å². The molecule has 0 spiro atoms. The molecule has 0 radical (unpaired) electrons. The summed E-state index contributed by atoms with van der Waals surface area (Å²) < 4.78 is 0. The van der Waals surface area contributed by atoms with E-state index < -0.39 is 0 Å². The normalized spacial score (nSPS) is 10.7. The van der Waals surface area contributed by atoms with Gasteiger partial charge in [-0.3, -0.25) is 0 Å². The van der Waals surface area contributed by atoms with Crippen molar-refractivity contribution in [3.8, 4) is 0 Å². The van der Waals surface area contributed by atoms with E-state index in [2.05, 4.69) is 25.3 Å². The highest BCUT2D eigenvalue weighted by Gasteiger charge is 2.05. The fourth-order valence-corrected chi connectivity index (χ4v) is 2.01. The quantitative estimate of drug-likeness (QED) is 0.752. The maximum Gasteiger partial charge on any atom is 0.222 e. The Hall–Kier alpha value is -2.76. The van der Waals surface area contributed by atoms with E-state index in [1.54, 1.807) is 6.20 Å². The maximum absolute atomic E-state index is 5.73. The van der Waals surface area contributed by atoms with E-state index in [1.165, 1.54) is 0 Å². The summed E-state index contributed by atoms with van der Waals surface area (Å²) in [7, 11) is 0. The summed E-state index contributed by atoms with van der Waals surface area (Å²) in [6.45, 7) is 2.42. The smallest absolute Gasteiger partial charge is 0.222 e. The molecule has 0 aliphatic heterocycles. The lowest BCUT2D eigenvalue weighted by molar-refractivity contribution is 0.951. The molecule has 0 atom stereocenters.